The monoisotopic (exact) mass is 297 g/mol. The van der Waals surface area contributed by atoms with Crippen molar-refractivity contribution in [2.24, 2.45) is 5.41 Å². The fourth-order valence-corrected chi connectivity index (χ4v) is 3.33. The molecule has 0 aliphatic heterocycles. The Hall–Kier alpha value is -1.40. The number of aliphatic carboxylic acids is 1. The normalized spacial score (nSPS) is 27.6. The van der Waals surface area contributed by atoms with Gasteiger partial charge in [0, 0.05) is 23.8 Å². The molecular formula is C14H19NO4S. The predicted octanol–water partition coefficient (Wildman–Crippen LogP) is 2.14. The Labute approximate surface area is 121 Å². The second-order valence-corrected chi connectivity index (χ2v) is 6.33. The number of ether oxygens (including phenoxy) is 1. The molecular weight excluding hydrogens is 278 g/mol. The third-order valence-corrected chi connectivity index (χ3v) is 4.92. The largest absolute Gasteiger partial charge is 0.479 e. The second kappa shape index (κ2) is 5.18. The Kier molecular flexibility index (Phi) is 3.88. The van der Waals surface area contributed by atoms with Crippen molar-refractivity contribution >= 4 is 23.2 Å². The van der Waals surface area contributed by atoms with Crippen LogP contribution in [0.2, 0.25) is 0 Å². The third kappa shape index (κ3) is 2.13. The Morgan fingerprint density at radius 3 is 2.70 bits per heavy atom. The Bertz CT molecular complexity index is 511. The SMILES string of the molecule is CCO[C@H]1C[C@@](NC(=O)c2ccsc2)(C(=O)O)C1(C)C. The maximum Gasteiger partial charge on any atom is 0.330 e. The fraction of sp³-hybridized carbons (Fsp3) is 0.571. The topological polar surface area (TPSA) is 75.6 Å². The zero-order valence-electron chi connectivity index (χ0n) is 11.8. The number of carboxylic acids is 1. The molecule has 0 unspecified atom stereocenters. The Morgan fingerprint density at radius 1 is 1.55 bits per heavy atom. The summed E-state index contributed by atoms with van der Waals surface area (Å²) in [7, 11) is 0. The smallest absolute Gasteiger partial charge is 0.330 e. The molecule has 1 amide bonds. The van der Waals surface area contributed by atoms with Crippen LogP contribution in [-0.4, -0.2) is 35.2 Å². The molecule has 1 saturated carbocycles. The van der Waals surface area contributed by atoms with E-state index in [9.17, 15) is 14.7 Å². The van der Waals surface area contributed by atoms with Crippen LogP contribution in [0.1, 0.15) is 37.6 Å². The zero-order chi connectivity index (χ0) is 15.0. The molecule has 5 nitrogen and oxygen atoms in total. The van der Waals surface area contributed by atoms with Crippen LogP contribution in [0, 0.1) is 5.41 Å². The van der Waals surface area contributed by atoms with E-state index in [4.69, 9.17) is 4.74 Å². The quantitative estimate of drug-likeness (QED) is 0.873. The van der Waals surface area contributed by atoms with Crippen LogP contribution in [0.3, 0.4) is 0 Å². The molecule has 20 heavy (non-hydrogen) atoms. The minimum Gasteiger partial charge on any atom is -0.479 e. The molecule has 1 aromatic heterocycles. The summed E-state index contributed by atoms with van der Waals surface area (Å²) in [6.07, 6.45) is 0.130. The van der Waals surface area contributed by atoms with Gasteiger partial charge in [-0.25, -0.2) is 4.79 Å². The standard InChI is InChI=1S/C14H19NO4S/c1-4-19-10-7-14(12(17)18,13(10,2)3)15-11(16)9-5-6-20-8-9/h5-6,8,10H,4,7H2,1-3H3,(H,15,16)(H,17,18)/t10-,14+/m0/s1. The van der Waals surface area contributed by atoms with Gasteiger partial charge in [0.25, 0.3) is 5.91 Å². The highest BCUT2D eigenvalue weighted by Crippen LogP contribution is 2.51. The van der Waals surface area contributed by atoms with E-state index in [1.54, 1.807) is 16.8 Å². The molecule has 1 heterocycles. The first-order valence-corrected chi connectivity index (χ1v) is 7.49. The summed E-state index contributed by atoms with van der Waals surface area (Å²) in [5.74, 6) is -1.36. The summed E-state index contributed by atoms with van der Waals surface area (Å²) >= 11 is 1.40. The van der Waals surface area contributed by atoms with Gasteiger partial charge in [0.1, 0.15) is 5.54 Å². The van der Waals surface area contributed by atoms with Crippen molar-refractivity contribution in [3.63, 3.8) is 0 Å². The van der Waals surface area contributed by atoms with E-state index >= 15 is 0 Å². The summed E-state index contributed by atoms with van der Waals surface area (Å²) in [5.41, 5.74) is -1.43. The lowest BCUT2D eigenvalue weighted by atomic mass is 9.54. The van der Waals surface area contributed by atoms with Crippen molar-refractivity contribution in [1.29, 1.82) is 0 Å². The van der Waals surface area contributed by atoms with Crippen LogP contribution in [0.5, 0.6) is 0 Å². The molecule has 0 aromatic carbocycles. The highest BCUT2D eigenvalue weighted by Gasteiger charge is 2.66. The number of carboxylic acid groups (broad SMARTS) is 1. The van der Waals surface area contributed by atoms with Gasteiger partial charge in [-0.05, 0) is 18.4 Å². The molecule has 6 heteroatoms. The summed E-state index contributed by atoms with van der Waals surface area (Å²) < 4.78 is 5.56. The number of carbonyl (C=O) groups is 2. The average Bonchev–Trinajstić information content (AvgIpc) is 2.90. The second-order valence-electron chi connectivity index (χ2n) is 5.55. The van der Waals surface area contributed by atoms with E-state index in [1.807, 2.05) is 20.8 Å². The highest BCUT2D eigenvalue weighted by molar-refractivity contribution is 7.08. The summed E-state index contributed by atoms with van der Waals surface area (Å²) in [6.45, 7) is 6.04. The van der Waals surface area contributed by atoms with Gasteiger partial charge in [-0.1, -0.05) is 13.8 Å². The van der Waals surface area contributed by atoms with Gasteiger partial charge in [-0.3, -0.25) is 4.79 Å². The van der Waals surface area contributed by atoms with Gasteiger partial charge in [0.05, 0.1) is 11.7 Å². The summed E-state index contributed by atoms with van der Waals surface area (Å²) in [5, 5.41) is 15.8. The molecule has 0 bridgehead atoms. The van der Waals surface area contributed by atoms with Crippen molar-refractivity contribution in [2.75, 3.05) is 6.61 Å². The number of thiophene rings is 1. The molecule has 2 atom stereocenters. The van der Waals surface area contributed by atoms with E-state index < -0.39 is 16.9 Å². The lowest BCUT2D eigenvalue weighted by Crippen LogP contribution is -2.76. The average molecular weight is 297 g/mol. The van der Waals surface area contributed by atoms with E-state index in [1.165, 1.54) is 11.3 Å². The van der Waals surface area contributed by atoms with Gasteiger partial charge < -0.3 is 15.2 Å². The number of nitrogens with one attached hydrogen (secondary N) is 1. The van der Waals surface area contributed by atoms with Gasteiger partial charge in [0.2, 0.25) is 0 Å². The first-order chi connectivity index (χ1) is 9.35. The lowest BCUT2D eigenvalue weighted by molar-refractivity contribution is -0.190. The lowest BCUT2D eigenvalue weighted by Gasteiger charge is -2.58. The van der Waals surface area contributed by atoms with E-state index in [0.29, 0.717) is 18.6 Å². The van der Waals surface area contributed by atoms with E-state index in [-0.39, 0.29) is 12.0 Å². The van der Waals surface area contributed by atoms with E-state index in [0.717, 1.165) is 0 Å². The first kappa shape index (κ1) is 15.0. The molecule has 2 rings (SSSR count). The molecule has 1 aliphatic rings. The Balaban J connectivity index is 2.21. The van der Waals surface area contributed by atoms with Crippen LogP contribution in [0.4, 0.5) is 0 Å². The third-order valence-electron chi connectivity index (χ3n) is 4.24. The maximum atomic E-state index is 12.2. The van der Waals surface area contributed by atoms with Crippen molar-refractivity contribution in [3.8, 4) is 0 Å². The first-order valence-electron chi connectivity index (χ1n) is 6.55. The predicted molar refractivity (Wildman–Crippen MR) is 76.0 cm³/mol. The molecule has 1 aromatic rings. The Morgan fingerprint density at radius 2 is 2.25 bits per heavy atom. The van der Waals surface area contributed by atoms with Crippen LogP contribution in [0.25, 0.3) is 0 Å². The number of carbonyl (C=O) groups excluding carboxylic acids is 1. The number of rotatable bonds is 5. The fourth-order valence-electron chi connectivity index (χ4n) is 2.70. The van der Waals surface area contributed by atoms with Crippen LogP contribution < -0.4 is 5.32 Å². The van der Waals surface area contributed by atoms with Crippen molar-refractivity contribution < 1.29 is 19.4 Å². The highest BCUT2D eigenvalue weighted by atomic mass is 32.1. The minimum absolute atomic E-state index is 0.161. The summed E-state index contributed by atoms with van der Waals surface area (Å²) in [4.78, 5) is 23.9. The van der Waals surface area contributed by atoms with Gasteiger partial charge in [0.15, 0.2) is 0 Å². The maximum absolute atomic E-state index is 12.2. The van der Waals surface area contributed by atoms with Gasteiger partial charge in [-0.15, -0.1) is 0 Å². The van der Waals surface area contributed by atoms with Crippen LogP contribution >= 0.6 is 11.3 Å². The molecule has 2 N–H and O–H groups in total. The molecule has 0 radical (unpaired) electrons. The zero-order valence-corrected chi connectivity index (χ0v) is 12.6. The molecule has 0 spiro atoms. The van der Waals surface area contributed by atoms with Crippen molar-refractivity contribution in [3.05, 3.63) is 22.4 Å². The van der Waals surface area contributed by atoms with Crippen molar-refractivity contribution in [2.45, 2.75) is 38.8 Å². The molecule has 1 aliphatic carbocycles. The number of hydrogen-bond acceptors (Lipinski definition) is 4. The molecule has 1 fully saturated rings. The van der Waals surface area contributed by atoms with Crippen LogP contribution in [0.15, 0.2) is 16.8 Å². The summed E-state index contributed by atoms with van der Waals surface area (Å²) in [6, 6.07) is 1.68. The number of hydrogen-bond donors (Lipinski definition) is 2. The van der Waals surface area contributed by atoms with Gasteiger partial charge >= 0.3 is 5.97 Å². The van der Waals surface area contributed by atoms with Crippen molar-refractivity contribution in [1.82, 2.24) is 5.32 Å². The van der Waals surface area contributed by atoms with Crippen LogP contribution in [-0.2, 0) is 9.53 Å². The van der Waals surface area contributed by atoms with E-state index in [2.05, 4.69) is 5.32 Å². The minimum atomic E-state index is -1.27. The molecule has 0 saturated heterocycles. The number of amides is 1. The molecule has 110 valence electrons. The van der Waals surface area contributed by atoms with Gasteiger partial charge in [-0.2, -0.15) is 11.3 Å².